The van der Waals surface area contributed by atoms with Crippen molar-refractivity contribution in [3.8, 4) is 0 Å². The minimum Gasteiger partial charge on any atom is -0.344 e. The summed E-state index contributed by atoms with van der Waals surface area (Å²) in [6.45, 7) is 1.95. The fourth-order valence-electron chi connectivity index (χ4n) is 1.40. The molecule has 0 aliphatic rings. The van der Waals surface area contributed by atoms with Gasteiger partial charge in [0.2, 0.25) is 0 Å². The average molecular weight is 245 g/mol. The molecule has 0 unspecified atom stereocenters. The van der Waals surface area contributed by atoms with Gasteiger partial charge in [0.15, 0.2) is 0 Å². The van der Waals surface area contributed by atoms with E-state index in [1.807, 2.05) is 17.4 Å². The zero-order chi connectivity index (χ0) is 12.9. The lowest BCUT2D eigenvalue weighted by Crippen LogP contribution is -2.36. The second-order valence-corrected chi connectivity index (χ2v) is 3.75. The topological polar surface area (TPSA) is 29.1 Å². The van der Waals surface area contributed by atoms with Gasteiger partial charge >= 0.3 is 12.1 Å². The number of carbonyl (C=O) groups is 1. The van der Waals surface area contributed by atoms with E-state index in [4.69, 9.17) is 0 Å². The maximum absolute atomic E-state index is 11.9. The van der Waals surface area contributed by atoms with Crippen molar-refractivity contribution in [3.05, 3.63) is 35.4 Å². The Morgan fingerprint density at radius 1 is 1.18 bits per heavy atom. The van der Waals surface area contributed by atoms with E-state index in [0.29, 0.717) is 5.56 Å². The van der Waals surface area contributed by atoms with Gasteiger partial charge in [0, 0.05) is 6.54 Å². The summed E-state index contributed by atoms with van der Waals surface area (Å²) >= 11 is 0. The van der Waals surface area contributed by atoms with E-state index in [9.17, 15) is 18.0 Å². The molecule has 17 heavy (non-hydrogen) atoms. The fraction of sp³-hybridized carbons (Fsp3) is 0.417. The smallest absolute Gasteiger partial charge is 0.344 e. The van der Waals surface area contributed by atoms with Crippen LogP contribution in [0.25, 0.3) is 0 Å². The van der Waals surface area contributed by atoms with Crippen molar-refractivity contribution >= 4 is 5.91 Å². The lowest BCUT2D eigenvalue weighted by atomic mass is 10.1. The van der Waals surface area contributed by atoms with E-state index in [1.165, 1.54) is 0 Å². The van der Waals surface area contributed by atoms with Gasteiger partial charge in [-0.3, -0.25) is 4.79 Å². The van der Waals surface area contributed by atoms with Gasteiger partial charge in [-0.1, -0.05) is 37.6 Å². The molecule has 0 aromatic heterocycles. The van der Waals surface area contributed by atoms with Crippen LogP contribution in [0.5, 0.6) is 0 Å². The van der Waals surface area contributed by atoms with Crippen LogP contribution in [0, 0.1) is 0 Å². The van der Waals surface area contributed by atoms with Crippen molar-refractivity contribution in [2.75, 3.05) is 0 Å². The zero-order valence-electron chi connectivity index (χ0n) is 9.47. The van der Waals surface area contributed by atoms with Gasteiger partial charge in [0.1, 0.15) is 0 Å². The van der Waals surface area contributed by atoms with Crippen molar-refractivity contribution in [1.29, 1.82) is 0 Å². The number of amides is 1. The molecule has 1 amide bonds. The van der Waals surface area contributed by atoms with Gasteiger partial charge < -0.3 is 5.32 Å². The van der Waals surface area contributed by atoms with E-state index >= 15 is 0 Å². The van der Waals surface area contributed by atoms with E-state index in [-0.39, 0.29) is 6.54 Å². The predicted octanol–water partition coefficient (Wildman–Crippen LogP) is 2.82. The Kier molecular flexibility index (Phi) is 4.54. The summed E-state index contributed by atoms with van der Waals surface area (Å²) in [7, 11) is 0. The van der Waals surface area contributed by atoms with Crippen molar-refractivity contribution in [2.24, 2.45) is 0 Å². The highest BCUT2D eigenvalue weighted by atomic mass is 19.4. The van der Waals surface area contributed by atoms with E-state index < -0.39 is 12.1 Å². The van der Waals surface area contributed by atoms with Gasteiger partial charge in [-0.15, -0.1) is 0 Å². The SMILES string of the molecule is CCCc1ccc(CNC(=O)C(F)(F)F)cc1. The second-order valence-electron chi connectivity index (χ2n) is 3.75. The molecule has 0 heterocycles. The van der Waals surface area contributed by atoms with E-state index in [1.54, 1.807) is 12.1 Å². The largest absolute Gasteiger partial charge is 0.471 e. The molecule has 0 radical (unpaired) electrons. The maximum Gasteiger partial charge on any atom is 0.471 e. The third-order valence-electron chi connectivity index (χ3n) is 2.27. The average Bonchev–Trinajstić information content (AvgIpc) is 2.27. The van der Waals surface area contributed by atoms with Crippen LogP contribution < -0.4 is 5.32 Å². The number of alkyl halides is 3. The maximum atomic E-state index is 11.9. The van der Waals surface area contributed by atoms with Crippen molar-refractivity contribution in [1.82, 2.24) is 5.32 Å². The Hall–Kier alpha value is -1.52. The molecule has 1 rings (SSSR count). The lowest BCUT2D eigenvalue weighted by Gasteiger charge is -2.08. The first-order chi connectivity index (χ1) is 7.93. The first-order valence-corrected chi connectivity index (χ1v) is 5.36. The lowest BCUT2D eigenvalue weighted by molar-refractivity contribution is -0.173. The summed E-state index contributed by atoms with van der Waals surface area (Å²) in [5, 5.41) is 1.83. The third-order valence-corrected chi connectivity index (χ3v) is 2.27. The first kappa shape index (κ1) is 13.5. The molecule has 0 fully saturated rings. The molecule has 0 aliphatic heterocycles. The molecule has 5 heteroatoms. The molecule has 0 atom stereocenters. The van der Waals surface area contributed by atoms with Crippen LogP contribution >= 0.6 is 0 Å². The molecule has 0 bridgehead atoms. The van der Waals surface area contributed by atoms with Crippen LogP contribution in [0.4, 0.5) is 13.2 Å². The molecule has 0 saturated heterocycles. The number of aryl methyl sites for hydroxylation is 1. The van der Waals surface area contributed by atoms with Crippen LogP contribution in [0.1, 0.15) is 24.5 Å². The number of rotatable bonds is 4. The highest BCUT2D eigenvalue weighted by Gasteiger charge is 2.38. The second kappa shape index (κ2) is 5.70. The number of hydrogen-bond donors (Lipinski definition) is 1. The molecule has 2 nitrogen and oxygen atoms in total. The minimum absolute atomic E-state index is 0.106. The fourth-order valence-corrected chi connectivity index (χ4v) is 1.40. The van der Waals surface area contributed by atoms with Crippen LogP contribution in [0.2, 0.25) is 0 Å². The van der Waals surface area contributed by atoms with Gasteiger partial charge in [-0.2, -0.15) is 13.2 Å². The molecular formula is C12H14F3NO. The predicted molar refractivity (Wildman–Crippen MR) is 58.3 cm³/mol. The van der Waals surface area contributed by atoms with Gasteiger partial charge in [-0.05, 0) is 17.5 Å². The summed E-state index contributed by atoms with van der Waals surface area (Å²) < 4.78 is 35.7. The number of halogens is 3. The third kappa shape index (κ3) is 4.46. The van der Waals surface area contributed by atoms with E-state index in [0.717, 1.165) is 18.4 Å². The van der Waals surface area contributed by atoms with Crippen molar-refractivity contribution in [3.63, 3.8) is 0 Å². The Balaban J connectivity index is 2.50. The molecule has 94 valence electrons. The van der Waals surface area contributed by atoms with Crippen LogP contribution in [0.3, 0.4) is 0 Å². The molecule has 0 saturated carbocycles. The Labute approximate surface area is 97.8 Å². The number of carbonyl (C=O) groups excluding carboxylic acids is 1. The normalized spacial score (nSPS) is 11.3. The number of benzene rings is 1. The summed E-state index contributed by atoms with van der Waals surface area (Å²) in [6.07, 6.45) is -2.86. The summed E-state index contributed by atoms with van der Waals surface area (Å²) in [4.78, 5) is 10.6. The molecule has 1 aromatic carbocycles. The Morgan fingerprint density at radius 3 is 2.18 bits per heavy atom. The molecule has 0 spiro atoms. The minimum atomic E-state index is -4.82. The zero-order valence-corrected chi connectivity index (χ0v) is 9.47. The highest BCUT2D eigenvalue weighted by molar-refractivity contribution is 5.81. The molecule has 1 N–H and O–H groups in total. The number of nitrogens with one attached hydrogen (secondary N) is 1. The van der Waals surface area contributed by atoms with Crippen LogP contribution in [-0.4, -0.2) is 12.1 Å². The molecular weight excluding hydrogens is 231 g/mol. The van der Waals surface area contributed by atoms with Gasteiger partial charge in [0.25, 0.3) is 0 Å². The van der Waals surface area contributed by atoms with Gasteiger partial charge in [0.05, 0.1) is 0 Å². The number of hydrogen-bond acceptors (Lipinski definition) is 1. The Bertz CT molecular complexity index is 370. The van der Waals surface area contributed by atoms with Crippen LogP contribution in [-0.2, 0) is 17.8 Å². The quantitative estimate of drug-likeness (QED) is 0.868. The first-order valence-electron chi connectivity index (χ1n) is 5.36. The monoisotopic (exact) mass is 245 g/mol. The highest BCUT2D eigenvalue weighted by Crippen LogP contribution is 2.14. The summed E-state index contributed by atoms with van der Waals surface area (Å²) in [5.74, 6) is -1.91. The summed E-state index contributed by atoms with van der Waals surface area (Å²) in [5.41, 5.74) is 1.79. The van der Waals surface area contributed by atoms with E-state index in [2.05, 4.69) is 6.92 Å². The Morgan fingerprint density at radius 2 is 1.71 bits per heavy atom. The van der Waals surface area contributed by atoms with Crippen molar-refractivity contribution < 1.29 is 18.0 Å². The summed E-state index contributed by atoms with van der Waals surface area (Å²) in [6, 6.07) is 7.17. The van der Waals surface area contributed by atoms with Crippen LogP contribution in [0.15, 0.2) is 24.3 Å². The molecule has 0 aliphatic carbocycles. The molecule has 1 aromatic rings. The van der Waals surface area contributed by atoms with Crippen molar-refractivity contribution in [2.45, 2.75) is 32.5 Å². The van der Waals surface area contributed by atoms with Gasteiger partial charge in [-0.25, -0.2) is 0 Å². The standard InChI is InChI=1S/C12H14F3NO/c1-2-3-9-4-6-10(7-5-9)8-16-11(17)12(13,14)15/h4-7H,2-3,8H2,1H3,(H,16,17).